The third-order valence-corrected chi connectivity index (χ3v) is 2.98. The number of carbonyl (C=O) groups excluding carboxylic acids is 1. The molecular formula is C14H16NO2Y-. The fraction of sp³-hybridized carbons (Fsp3) is 0.357. The van der Waals surface area contributed by atoms with E-state index in [4.69, 9.17) is 0 Å². The van der Waals surface area contributed by atoms with E-state index >= 15 is 0 Å². The summed E-state index contributed by atoms with van der Waals surface area (Å²) in [5.41, 5.74) is 2.78. The molecule has 93 valence electrons. The van der Waals surface area contributed by atoms with E-state index in [0.717, 1.165) is 16.8 Å². The normalized spacial score (nSPS) is 15.1. The standard InChI is InChI=1S/C14H16NO2.Y/c1-3-15-13(5-4-6-14(15)17)12-8-7-11(16)9-10(12)2;/h7-9,16H,3-4,6H2,1-2H3;/q-1;. The van der Waals surface area contributed by atoms with Crippen molar-refractivity contribution in [2.45, 2.75) is 26.7 Å². The summed E-state index contributed by atoms with van der Waals surface area (Å²) in [6, 6.07) is 5.19. The van der Waals surface area contributed by atoms with E-state index in [1.54, 1.807) is 17.0 Å². The van der Waals surface area contributed by atoms with Crippen molar-refractivity contribution in [3.05, 3.63) is 35.4 Å². The van der Waals surface area contributed by atoms with E-state index in [0.29, 0.717) is 19.4 Å². The van der Waals surface area contributed by atoms with Gasteiger partial charge in [0.05, 0.1) is 0 Å². The van der Waals surface area contributed by atoms with Gasteiger partial charge in [-0.25, -0.2) is 6.08 Å². The van der Waals surface area contributed by atoms with E-state index in [-0.39, 0.29) is 44.4 Å². The van der Waals surface area contributed by atoms with Gasteiger partial charge in [0.25, 0.3) is 0 Å². The Balaban J connectivity index is 0.00000162. The molecule has 1 N–H and O–H groups in total. The zero-order valence-electron chi connectivity index (χ0n) is 10.7. The maximum absolute atomic E-state index is 11.8. The number of rotatable bonds is 2. The van der Waals surface area contributed by atoms with Crippen molar-refractivity contribution in [3.8, 4) is 5.75 Å². The molecule has 0 aliphatic carbocycles. The molecule has 1 aliphatic heterocycles. The van der Waals surface area contributed by atoms with Crippen LogP contribution in [0.5, 0.6) is 5.75 Å². The number of hydrogen-bond donors (Lipinski definition) is 1. The Morgan fingerprint density at radius 2 is 2.17 bits per heavy atom. The molecule has 0 unspecified atom stereocenters. The molecule has 1 aliphatic rings. The van der Waals surface area contributed by atoms with E-state index in [9.17, 15) is 9.90 Å². The maximum Gasteiger partial charge on any atom is 0.223 e. The molecular weight excluding hydrogens is 303 g/mol. The van der Waals surface area contributed by atoms with E-state index in [1.807, 2.05) is 19.9 Å². The molecule has 0 bridgehead atoms. The number of aromatic hydroxyl groups is 1. The minimum atomic E-state index is 0. The summed E-state index contributed by atoms with van der Waals surface area (Å²) >= 11 is 0. The average Bonchev–Trinajstić information content (AvgIpc) is 2.29. The number of aryl methyl sites for hydroxylation is 1. The van der Waals surface area contributed by atoms with Crippen molar-refractivity contribution in [3.63, 3.8) is 0 Å². The van der Waals surface area contributed by atoms with Crippen molar-refractivity contribution in [1.82, 2.24) is 4.90 Å². The molecule has 0 fully saturated rings. The smallest absolute Gasteiger partial charge is 0.223 e. The number of nitrogens with zero attached hydrogens (tertiary/aromatic N) is 1. The van der Waals surface area contributed by atoms with Gasteiger partial charge >= 0.3 is 0 Å². The van der Waals surface area contributed by atoms with Gasteiger partial charge < -0.3 is 10.0 Å². The number of phenolic OH excluding ortho intramolecular Hbond substituents is 1. The first kappa shape index (κ1) is 15.4. The van der Waals surface area contributed by atoms with Gasteiger partial charge in [-0.15, -0.1) is 29.3 Å². The molecule has 2 rings (SSSR count). The third kappa shape index (κ3) is 3.01. The first-order valence-corrected chi connectivity index (χ1v) is 5.84. The van der Waals surface area contributed by atoms with Crippen molar-refractivity contribution < 1.29 is 42.6 Å². The number of allylic oxidation sites excluding steroid dienone is 1. The van der Waals surface area contributed by atoms with E-state index in [1.165, 1.54) is 0 Å². The van der Waals surface area contributed by atoms with Crippen LogP contribution >= 0.6 is 0 Å². The SMILES string of the molecule is CCN1C(=O)CC[C-]=C1c1ccc(O)cc1C.[Y]. The number of amides is 1. The molecule has 0 aromatic heterocycles. The van der Waals surface area contributed by atoms with E-state index < -0.39 is 0 Å². The molecule has 3 nitrogen and oxygen atoms in total. The predicted octanol–water partition coefficient (Wildman–Crippen LogP) is 2.48. The molecule has 0 atom stereocenters. The van der Waals surface area contributed by atoms with Gasteiger partial charge in [-0.1, -0.05) is 6.92 Å². The molecule has 0 spiro atoms. The van der Waals surface area contributed by atoms with Gasteiger partial charge in [0, 0.05) is 45.7 Å². The molecule has 0 saturated heterocycles. The summed E-state index contributed by atoms with van der Waals surface area (Å²) in [4.78, 5) is 13.6. The van der Waals surface area contributed by atoms with E-state index in [2.05, 4.69) is 6.08 Å². The van der Waals surface area contributed by atoms with Gasteiger partial charge in [-0.05, 0) is 19.1 Å². The maximum atomic E-state index is 11.8. The molecule has 1 aromatic rings. The number of benzene rings is 1. The second-order valence-electron chi connectivity index (χ2n) is 4.16. The number of carbonyl (C=O) groups is 1. The largest absolute Gasteiger partial charge is 0.508 e. The van der Waals surface area contributed by atoms with Crippen LogP contribution in [0.2, 0.25) is 0 Å². The third-order valence-electron chi connectivity index (χ3n) is 2.98. The fourth-order valence-electron chi connectivity index (χ4n) is 2.13. The summed E-state index contributed by atoms with van der Waals surface area (Å²) in [5.74, 6) is 0.394. The summed E-state index contributed by atoms with van der Waals surface area (Å²) in [6.07, 6.45) is 4.48. The van der Waals surface area contributed by atoms with Crippen LogP contribution in [0.4, 0.5) is 0 Å². The van der Waals surface area contributed by atoms with Crippen LogP contribution in [0.3, 0.4) is 0 Å². The molecule has 1 aromatic carbocycles. The Labute approximate surface area is 133 Å². The minimum absolute atomic E-state index is 0. The van der Waals surface area contributed by atoms with Gasteiger partial charge in [-0.3, -0.25) is 4.79 Å². The van der Waals surface area contributed by atoms with Crippen LogP contribution in [0.15, 0.2) is 18.2 Å². The van der Waals surface area contributed by atoms with Crippen molar-refractivity contribution in [1.29, 1.82) is 0 Å². The summed E-state index contributed by atoms with van der Waals surface area (Å²) in [5, 5.41) is 9.40. The second-order valence-corrected chi connectivity index (χ2v) is 4.16. The molecule has 18 heavy (non-hydrogen) atoms. The Hall–Kier alpha value is -0.666. The topological polar surface area (TPSA) is 40.5 Å². The van der Waals surface area contributed by atoms with Gasteiger partial charge in [0.15, 0.2) is 0 Å². The monoisotopic (exact) mass is 319 g/mol. The van der Waals surface area contributed by atoms with Crippen molar-refractivity contribution in [2.75, 3.05) is 6.54 Å². The Kier molecular flexibility index (Phi) is 5.55. The molecule has 1 radical (unpaired) electrons. The zero-order valence-corrected chi connectivity index (χ0v) is 13.6. The van der Waals surface area contributed by atoms with Crippen LogP contribution < -0.4 is 0 Å². The molecule has 0 saturated carbocycles. The summed E-state index contributed by atoms with van der Waals surface area (Å²) < 4.78 is 0. The van der Waals surface area contributed by atoms with Crippen molar-refractivity contribution >= 4 is 11.6 Å². The van der Waals surface area contributed by atoms with Crippen LogP contribution in [-0.2, 0) is 37.5 Å². The summed E-state index contributed by atoms with van der Waals surface area (Å²) in [7, 11) is 0. The molecule has 1 heterocycles. The van der Waals surface area contributed by atoms with Gasteiger partial charge in [0.2, 0.25) is 5.91 Å². The fourth-order valence-corrected chi connectivity index (χ4v) is 2.13. The average molecular weight is 319 g/mol. The van der Waals surface area contributed by atoms with Crippen LogP contribution in [-0.4, -0.2) is 22.5 Å². The molecule has 1 amide bonds. The zero-order chi connectivity index (χ0) is 12.4. The Morgan fingerprint density at radius 1 is 1.44 bits per heavy atom. The first-order chi connectivity index (χ1) is 8.13. The van der Waals surface area contributed by atoms with Crippen LogP contribution in [0.1, 0.15) is 30.9 Å². The quantitative estimate of drug-likeness (QED) is 0.851. The number of phenols is 1. The number of hydrogen-bond acceptors (Lipinski definition) is 2. The Morgan fingerprint density at radius 3 is 2.78 bits per heavy atom. The predicted molar refractivity (Wildman–Crippen MR) is 66.1 cm³/mol. The van der Waals surface area contributed by atoms with Crippen molar-refractivity contribution in [2.24, 2.45) is 0 Å². The molecule has 4 heteroatoms. The van der Waals surface area contributed by atoms with Crippen LogP contribution in [0, 0.1) is 13.0 Å². The second kappa shape index (κ2) is 6.49. The van der Waals surface area contributed by atoms with Crippen LogP contribution in [0.25, 0.3) is 5.70 Å². The Bertz CT molecular complexity index is 483. The minimum Gasteiger partial charge on any atom is -0.508 e. The van der Waals surface area contributed by atoms with Gasteiger partial charge in [-0.2, -0.15) is 0 Å². The summed E-state index contributed by atoms with van der Waals surface area (Å²) in [6.45, 7) is 4.54. The van der Waals surface area contributed by atoms with Gasteiger partial charge in [0.1, 0.15) is 5.75 Å². The first-order valence-electron chi connectivity index (χ1n) is 5.84.